The van der Waals surface area contributed by atoms with Gasteiger partial charge in [0.15, 0.2) is 0 Å². The van der Waals surface area contributed by atoms with Gasteiger partial charge in [0.1, 0.15) is 0 Å². The van der Waals surface area contributed by atoms with Crippen molar-refractivity contribution >= 4 is 27.3 Å². The van der Waals surface area contributed by atoms with Crippen molar-refractivity contribution in [1.82, 2.24) is 5.32 Å². The molecule has 1 nitrogen and oxygen atoms in total. The van der Waals surface area contributed by atoms with Crippen molar-refractivity contribution in [3.05, 3.63) is 20.8 Å². The molecule has 0 amide bonds. The van der Waals surface area contributed by atoms with E-state index in [1.165, 1.54) is 28.6 Å². The zero-order valence-corrected chi connectivity index (χ0v) is 11.7. The average molecular weight is 288 g/mol. The minimum atomic E-state index is 0.368. The molecule has 1 aliphatic carbocycles. The number of hydrogen-bond acceptors (Lipinski definition) is 2. The zero-order valence-electron chi connectivity index (χ0n) is 9.35. The molecule has 0 spiro atoms. The fourth-order valence-corrected chi connectivity index (χ4v) is 3.40. The number of hydrogen-bond donors (Lipinski definition) is 1. The van der Waals surface area contributed by atoms with Gasteiger partial charge in [0.25, 0.3) is 0 Å². The Hall–Kier alpha value is 0.140. The molecule has 2 rings (SSSR count). The third-order valence-electron chi connectivity index (χ3n) is 2.72. The molecule has 0 radical (unpaired) electrons. The monoisotopic (exact) mass is 287 g/mol. The molecule has 1 aromatic heterocycles. The second-order valence-electron chi connectivity index (χ2n) is 5.23. The fourth-order valence-electron chi connectivity index (χ4n) is 1.69. The molecule has 1 N–H and O–H groups in total. The first-order chi connectivity index (χ1) is 7.05. The second-order valence-corrected chi connectivity index (χ2v) is 7.14. The maximum Gasteiger partial charge on any atom is 0.0285 e. The van der Waals surface area contributed by atoms with Crippen LogP contribution in [0.1, 0.15) is 31.6 Å². The number of thiophene rings is 1. The van der Waals surface area contributed by atoms with Gasteiger partial charge in [0.05, 0.1) is 0 Å². The van der Waals surface area contributed by atoms with Gasteiger partial charge in [0.2, 0.25) is 0 Å². The summed E-state index contributed by atoms with van der Waals surface area (Å²) in [5.41, 5.74) is 0.368. The molecule has 15 heavy (non-hydrogen) atoms. The van der Waals surface area contributed by atoms with Crippen LogP contribution in [0.3, 0.4) is 0 Å². The summed E-state index contributed by atoms with van der Waals surface area (Å²) >= 11 is 5.36. The Morgan fingerprint density at radius 3 is 2.80 bits per heavy atom. The van der Waals surface area contributed by atoms with Crippen molar-refractivity contribution in [2.75, 3.05) is 6.54 Å². The quantitative estimate of drug-likeness (QED) is 0.868. The molecule has 0 atom stereocenters. The zero-order chi connectivity index (χ0) is 10.9. The highest BCUT2D eigenvalue weighted by molar-refractivity contribution is 9.10. The lowest BCUT2D eigenvalue weighted by molar-refractivity contribution is 0.339. The third-order valence-corrected chi connectivity index (χ3v) is 4.42. The van der Waals surface area contributed by atoms with E-state index in [2.05, 4.69) is 46.5 Å². The maximum absolute atomic E-state index is 3.62. The van der Waals surface area contributed by atoms with Gasteiger partial charge in [-0.05, 0) is 46.7 Å². The lowest BCUT2D eigenvalue weighted by atomic mass is 9.88. The lowest BCUT2D eigenvalue weighted by Gasteiger charge is -2.24. The van der Waals surface area contributed by atoms with E-state index in [-0.39, 0.29) is 0 Å². The number of nitrogens with one attached hydrogen (secondary N) is 1. The molecular weight excluding hydrogens is 270 g/mol. The van der Waals surface area contributed by atoms with Crippen molar-refractivity contribution in [3.8, 4) is 0 Å². The highest BCUT2D eigenvalue weighted by atomic mass is 79.9. The van der Waals surface area contributed by atoms with Crippen LogP contribution in [0.25, 0.3) is 0 Å². The van der Waals surface area contributed by atoms with Gasteiger partial charge >= 0.3 is 0 Å². The van der Waals surface area contributed by atoms with Gasteiger partial charge in [-0.15, -0.1) is 11.3 Å². The second kappa shape index (κ2) is 4.56. The number of rotatable bonds is 5. The van der Waals surface area contributed by atoms with Gasteiger partial charge < -0.3 is 5.32 Å². The molecule has 0 aliphatic heterocycles. The molecule has 0 bridgehead atoms. The molecule has 84 valence electrons. The van der Waals surface area contributed by atoms with Crippen molar-refractivity contribution in [1.29, 1.82) is 0 Å². The summed E-state index contributed by atoms with van der Waals surface area (Å²) < 4.78 is 1.22. The van der Waals surface area contributed by atoms with Gasteiger partial charge in [0, 0.05) is 27.3 Å². The predicted molar refractivity (Wildman–Crippen MR) is 70.5 cm³/mol. The van der Waals surface area contributed by atoms with Gasteiger partial charge in [-0.2, -0.15) is 0 Å². The molecule has 1 fully saturated rings. The lowest BCUT2D eigenvalue weighted by Crippen LogP contribution is -2.32. The first-order valence-corrected chi connectivity index (χ1v) is 7.19. The van der Waals surface area contributed by atoms with Crippen LogP contribution in [0, 0.1) is 5.41 Å². The van der Waals surface area contributed by atoms with E-state index in [1.54, 1.807) is 0 Å². The SMILES string of the molecule is CC(C)(CNC1CC1)Cc1cc(Br)cs1. The first kappa shape index (κ1) is 11.6. The molecule has 1 saturated carbocycles. The van der Waals surface area contributed by atoms with E-state index in [0.29, 0.717) is 5.41 Å². The summed E-state index contributed by atoms with van der Waals surface area (Å²) in [6, 6.07) is 3.06. The highest BCUT2D eigenvalue weighted by Crippen LogP contribution is 2.28. The Labute approximate surface area is 104 Å². The molecule has 1 aliphatic rings. The van der Waals surface area contributed by atoms with Crippen LogP contribution < -0.4 is 5.32 Å². The van der Waals surface area contributed by atoms with E-state index < -0.39 is 0 Å². The summed E-state index contributed by atoms with van der Waals surface area (Å²) in [5, 5.41) is 5.78. The van der Waals surface area contributed by atoms with Gasteiger partial charge in [-0.1, -0.05) is 13.8 Å². The largest absolute Gasteiger partial charge is 0.313 e. The Morgan fingerprint density at radius 2 is 2.27 bits per heavy atom. The van der Waals surface area contributed by atoms with E-state index in [1.807, 2.05) is 11.3 Å². The van der Waals surface area contributed by atoms with Crippen molar-refractivity contribution in [2.24, 2.45) is 5.41 Å². The van der Waals surface area contributed by atoms with Crippen molar-refractivity contribution in [3.63, 3.8) is 0 Å². The van der Waals surface area contributed by atoms with Gasteiger partial charge in [-0.25, -0.2) is 0 Å². The van der Waals surface area contributed by atoms with E-state index in [0.717, 1.165) is 12.6 Å². The van der Waals surface area contributed by atoms with E-state index in [4.69, 9.17) is 0 Å². The number of halogens is 1. The Kier molecular flexibility index (Phi) is 3.53. The van der Waals surface area contributed by atoms with Crippen LogP contribution in [0.2, 0.25) is 0 Å². The Bertz CT molecular complexity index is 328. The summed E-state index contributed by atoms with van der Waals surface area (Å²) in [7, 11) is 0. The third kappa shape index (κ3) is 3.89. The minimum absolute atomic E-state index is 0.368. The smallest absolute Gasteiger partial charge is 0.0285 e. The van der Waals surface area contributed by atoms with Crippen LogP contribution in [0.4, 0.5) is 0 Å². The fraction of sp³-hybridized carbons (Fsp3) is 0.667. The Morgan fingerprint density at radius 1 is 1.53 bits per heavy atom. The van der Waals surface area contributed by atoms with Gasteiger partial charge in [-0.3, -0.25) is 0 Å². The van der Waals surface area contributed by atoms with E-state index in [9.17, 15) is 0 Å². The summed E-state index contributed by atoms with van der Waals surface area (Å²) in [5.74, 6) is 0. The standard InChI is InChI=1S/C12H18BrNS/c1-12(2,8-14-10-3-4-10)6-11-5-9(13)7-15-11/h5,7,10,14H,3-4,6,8H2,1-2H3. The predicted octanol–water partition coefficient (Wildman–Crippen LogP) is 3.83. The summed E-state index contributed by atoms with van der Waals surface area (Å²) in [6.45, 7) is 5.82. The molecule has 1 aromatic rings. The minimum Gasteiger partial charge on any atom is -0.313 e. The molecule has 1 heterocycles. The van der Waals surface area contributed by atoms with Crippen molar-refractivity contribution in [2.45, 2.75) is 39.2 Å². The molecular formula is C12H18BrNS. The normalized spacial score (nSPS) is 17.0. The molecule has 0 saturated heterocycles. The highest BCUT2D eigenvalue weighted by Gasteiger charge is 2.25. The van der Waals surface area contributed by atoms with Crippen LogP contribution in [-0.2, 0) is 6.42 Å². The molecule has 0 unspecified atom stereocenters. The summed E-state index contributed by atoms with van der Waals surface area (Å²) in [6.07, 6.45) is 3.92. The van der Waals surface area contributed by atoms with Crippen LogP contribution in [-0.4, -0.2) is 12.6 Å². The van der Waals surface area contributed by atoms with Crippen molar-refractivity contribution < 1.29 is 0 Å². The van der Waals surface area contributed by atoms with Crippen LogP contribution in [0.15, 0.2) is 15.9 Å². The Balaban J connectivity index is 1.84. The molecule has 0 aromatic carbocycles. The average Bonchev–Trinajstić information content (AvgIpc) is 2.88. The first-order valence-electron chi connectivity index (χ1n) is 5.51. The van der Waals surface area contributed by atoms with Crippen LogP contribution in [0.5, 0.6) is 0 Å². The van der Waals surface area contributed by atoms with E-state index >= 15 is 0 Å². The topological polar surface area (TPSA) is 12.0 Å². The molecule has 3 heteroatoms. The maximum atomic E-state index is 3.62. The van der Waals surface area contributed by atoms with Crippen LogP contribution >= 0.6 is 27.3 Å². The summed E-state index contributed by atoms with van der Waals surface area (Å²) in [4.78, 5) is 1.48.